The van der Waals surface area contributed by atoms with Gasteiger partial charge in [0.05, 0.1) is 0 Å². The summed E-state index contributed by atoms with van der Waals surface area (Å²) < 4.78 is 0.116. The van der Waals surface area contributed by atoms with E-state index in [-0.39, 0.29) is 33.0 Å². The maximum absolute atomic E-state index is 12.9. The summed E-state index contributed by atoms with van der Waals surface area (Å²) >= 11 is 5.61. The van der Waals surface area contributed by atoms with Crippen molar-refractivity contribution >= 4 is 42.6 Å². The molecular formula is C17H14ClN5OSe. The van der Waals surface area contributed by atoms with Crippen LogP contribution in [0.5, 0.6) is 0 Å². The fraction of sp³-hybridized carbons (Fsp3) is 0.176. The maximum atomic E-state index is 12.9. The van der Waals surface area contributed by atoms with E-state index in [0.717, 1.165) is 4.46 Å². The minimum absolute atomic E-state index is 0.0275. The van der Waals surface area contributed by atoms with E-state index in [1.54, 1.807) is 19.1 Å². The number of nitrogens with zero attached hydrogens (tertiary/aromatic N) is 4. The van der Waals surface area contributed by atoms with Crippen LogP contribution in [0.25, 0.3) is 10.4 Å². The van der Waals surface area contributed by atoms with Gasteiger partial charge in [-0.05, 0) is 0 Å². The first kappa shape index (κ1) is 18.9. The van der Waals surface area contributed by atoms with Gasteiger partial charge in [0.15, 0.2) is 0 Å². The Balaban J connectivity index is 2.29. The van der Waals surface area contributed by atoms with E-state index >= 15 is 0 Å². The molecule has 2 rings (SSSR count). The van der Waals surface area contributed by atoms with Gasteiger partial charge in [-0.3, -0.25) is 0 Å². The number of amides is 1. The van der Waals surface area contributed by atoms with E-state index in [0.29, 0.717) is 10.7 Å². The fourth-order valence-electron chi connectivity index (χ4n) is 2.04. The van der Waals surface area contributed by atoms with Gasteiger partial charge in [-0.2, -0.15) is 0 Å². The molecule has 0 saturated carbocycles. The Kier molecular flexibility index (Phi) is 6.46. The number of nitrogens with one attached hydrogen (secondary N) is 1. The van der Waals surface area contributed by atoms with Crippen LogP contribution in [0.15, 0.2) is 53.6 Å². The summed E-state index contributed by atoms with van der Waals surface area (Å²) in [6.07, 6.45) is 0. The topological polar surface area (TPSA) is 102 Å². The van der Waals surface area contributed by atoms with Crippen LogP contribution < -0.4 is 9.78 Å². The molecule has 2 aromatic carbocycles. The second-order valence-corrected chi connectivity index (χ2v) is 9.03. The van der Waals surface area contributed by atoms with Gasteiger partial charge < -0.3 is 0 Å². The third kappa shape index (κ3) is 4.99. The molecule has 0 radical (unpaired) electrons. The molecule has 1 atom stereocenters. The number of azide groups is 1. The van der Waals surface area contributed by atoms with Gasteiger partial charge in [-0.1, -0.05) is 0 Å². The Morgan fingerprint density at radius 1 is 1.40 bits per heavy atom. The Labute approximate surface area is 156 Å². The third-order valence-corrected chi connectivity index (χ3v) is 6.26. The van der Waals surface area contributed by atoms with Crippen LogP contribution in [0.3, 0.4) is 0 Å². The van der Waals surface area contributed by atoms with Gasteiger partial charge in [0.2, 0.25) is 0 Å². The van der Waals surface area contributed by atoms with Gasteiger partial charge in [0.25, 0.3) is 0 Å². The summed E-state index contributed by atoms with van der Waals surface area (Å²) in [4.78, 5) is 15.7. The van der Waals surface area contributed by atoms with Crippen molar-refractivity contribution in [1.82, 2.24) is 0 Å². The van der Waals surface area contributed by atoms with Gasteiger partial charge in [-0.25, -0.2) is 0 Å². The van der Waals surface area contributed by atoms with E-state index in [2.05, 4.69) is 15.3 Å². The molecule has 0 bridgehead atoms. The minimum atomic E-state index is -0.896. The van der Waals surface area contributed by atoms with Crippen LogP contribution in [-0.2, 0) is 4.79 Å². The second kappa shape index (κ2) is 8.57. The first-order chi connectivity index (χ1) is 12.0. The van der Waals surface area contributed by atoms with E-state index in [9.17, 15) is 10.1 Å². The van der Waals surface area contributed by atoms with Crippen molar-refractivity contribution in [3.63, 3.8) is 0 Å². The molecule has 0 aliphatic carbocycles. The molecular weight excluding hydrogens is 405 g/mol. The van der Waals surface area contributed by atoms with E-state index in [1.165, 1.54) is 6.07 Å². The summed E-state index contributed by atoms with van der Waals surface area (Å²) in [6.45, 7) is 1.78. The number of carbonyl (C=O) groups excluding carboxylic acids is 1. The van der Waals surface area contributed by atoms with Crippen LogP contribution in [0.4, 0.5) is 5.69 Å². The quantitative estimate of drug-likeness (QED) is 0.335. The molecule has 0 saturated heterocycles. The predicted molar refractivity (Wildman–Crippen MR) is 99.0 cm³/mol. The zero-order valence-corrected chi connectivity index (χ0v) is 15.8. The first-order valence-corrected chi connectivity index (χ1v) is 9.33. The number of anilines is 1. The SMILES string of the molecule is CC(CN=[N+]=[N-])([Se]c1ccccc1)C(=O)Nc1ccc(Cl)cc1C#N. The van der Waals surface area contributed by atoms with Gasteiger partial charge in [0, 0.05) is 0 Å². The van der Waals surface area contributed by atoms with E-state index < -0.39 is 4.31 Å². The molecule has 126 valence electrons. The first-order valence-electron chi connectivity index (χ1n) is 7.24. The normalized spacial score (nSPS) is 12.4. The van der Waals surface area contributed by atoms with Crippen molar-refractivity contribution < 1.29 is 4.79 Å². The van der Waals surface area contributed by atoms with Crippen LogP contribution in [0.2, 0.25) is 9.34 Å². The average molecular weight is 419 g/mol. The van der Waals surface area contributed by atoms with Gasteiger partial charge >= 0.3 is 157 Å². The molecule has 0 heterocycles. The second-order valence-electron chi connectivity index (χ2n) is 5.29. The molecule has 0 spiro atoms. The number of carbonyl (C=O) groups is 1. The fourth-order valence-corrected chi connectivity index (χ4v) is 4.48. The molecule has 0 fully saturated rings. The molecule has 0 aromatic heterocycles. The molecule has 25 heavy (non-hydrogen) atoms. The van der Waals surface area contributed by atoms with E-state index in [4.69, 9.17) is 17.1 Å². The molecule has 1 amide bonds. The third-order valence-electron chi connectivity index (χ3n) is 3.35. The van der Waals surface area contributed by atoms with Crippen LogP contribution in [0.1, 0.15) is 12.5 Å². The van der Waals surface area contributed by atoms with Gasteiger partial charge in [0.1, 0.15) is 0 Å². The van der Waals surface area contributed by atoms with E-state index in [1.807, 2.05) is 36.4 Å². The zero-order valence-electron chi connectivity index (χ0n) is 13.3. The monoisotopic (exact) mass is 419 g/mol. The Morgan fingerprint density at radius 3 is 2.76 bits per heavy atom. The number of benzene rings is 2. The van der Waals surface area contributed by atoms with Crippen molar-refractivity contribution in [2.75, 3.05) is 11.9 Å². The molecule has 1 N–H and O–H groups in total. The van der Waals surface area contributed by atoms with Gasteiger partial charge in [-0.15, -0.1) is 0 Å². The van der Waals surface area contributed by atoms with Crippen molar-refractivity contribution in [3.8, 4) is 6.07 Å². The Morgan fingerprint density at radius 2 is 2.12 bits per heavy atom. The molecule has 2 aromatic rings. The molecule has 0 aliphatic rings. The molecule has 0 aliphatic heterocycles. The molecule has 8 heteroatoms. The number of hydrogen-bond acceptors (Lipinski definition) is 3. The van der Waals surface area contributed by atoms with Crippen LogP contribution in [0, 0.1) is 11.3 Å². The summed E-state index contributed by atoms with van der Waals surface area (Å²) in [7, 11) is 0. The zero-order chi connectivity index (χ0) is 18.3. The summed E-state index contributed by atoms with van der Waals surface area (Å²) in [6, 6.07) is 16.3. The predicted octanol–water partition coefficient (Wildman–Crippen LogP) is 3.67. The van der Waals surface area contributed by atoms with Crippen LogP contribution in [-0.4, -0.2) is 27.4 Å². The number of nitriles is 1. The van der Waals surface area contributed by atoms with Crippen molar-refractivity contribution in [1.29, 1.82) is 5.26 Å². The molecule has 6 nitrogen and oxygen atoms in total. The molecule has 1 unspecified atom stereocenters. The summed E-state index contributed by atoms with van der Waals surface area (Å²) in [5.41, 5.74) is 9.32. The standard InChI is InChI=1S/C17H14ClN5OSe/c1-17(11-21-23-20,25-14-5-3-2-4-6-14)16(24)22-15-8-7-13(18)9-12(15)10-19/h2-9H,11H2,1H3,(H,22,24). The summed E-state index contributed by atoms with van der Waals surface area (Å²) in [5.74, 6) is -0.303. The Bertz CT molecular complexity index is 861. The average Bonchev–Trinajstić information content (AvgIpc) is 2.62. The van der Waals surface area contributed by atoms with Crippen molar-refractivity contribution in [2.24, 2.45) is 5.11 Å². The number of hydrogen-bond donors (Lipinski definition) is 1. The number of rotatable bonds is 6. The Hall–Kier alpha value is -2.48. The van der Waals surface area contributed by atoms with Crippen LogP contribution >= 0.6 is 11.6 Å². The van der Waals surface area contributed by atoms with Crippen molar-refractivity contribution in [2.45, 2.75) is 11.2 Å². The number of halogens is 1. The summed E-state index contributed by atoms with van der Waals surface area (Å²) in [5, 5.41) is 16.0. The van der Waals surface area contributed by atoms with Crippen molar-refractivity contribution in [3.05, 3.63) is 69.6 Å².